The molecule has 0 radical (unpaired) electrons. The molecule has 0 bridgehead atoms. The number of anilines is 3. The van der Waals surface area contributed by atoms with Gasteiger partial charge in [-0.2, -0.15) is 0 Å². The number of benzene rings is 2. The molecule has 0 aliphatic rings. The second-order valence-corrected chi connectivity index (χ2v) is 7.34. The van der Waals surface area contributed by atoms with Crippen molar-refractivity contribution in [1.82, 2.24) is 14.5 Å². The Kier molecular flexibility index (Phi) is 5.50. The molecule has 6 nitrogen and oxygen atoms in total. The normalized spacial score (nSPS) is 10.6. The molecule has 2 heterocycles. The summed E-state index contributed by atoms with van der Waals surface area (Å²) in [5, 5.41) is 6.65. The molecule has 7 heteroatoms. The molecule has 4 rings (SSSR count). The van der Waals surface area contributed by atoms with Crippen LogP contribution in [0.1, 0.15) is 16.1 Å². The van der Waals surface area contributed by atoms with Crippen molar-refractivity contribution in [1.29, 1.82) is 0 Å². The highest BCUT2D eigenvalue weighted by molar-refractivity contribution is 6.31. The molecule has 0 saturated heterocycles. The molecule has 0 fully saturated rings. The Balaban J connectivity index is 1.50. The van der Waals surface area contributed by atoms with E-state index in [4.69, 9.17) is 11.6 Å². The fourth-order valence-corrected chi connectivity index (χ4v) is 3.19. The third kappa shape index (κ3) is 4.34. The van der Waals surface area contributed by atoms with Crippen molar-refractivity contribution in [2.75, 3.05) is 10.6 Å². The van der Waals surface area contributed by atoms with Crippen LogP contribution in [0.25, 0.3) is 11.1 Å². The first kappa shape index (κ1) is 19.7. The van der Waals surface area contributed by atoms with Crippen molar-refractivity contribution in [2.24, 2.45) is 7.05 Å². The minimum absolute atomic E-state index is 0.216. The lowest BCUT2D eigenvalue weighted by atomic mass is 10.2. The van der Waals surface area contributed by atoms with Crippen molar-refractivity contribution < 1.29 is 4.79 Å². The second kappa shape index (κ2) is 8.39. The van der Waals surface area contributed by atoms with E-state index in [-0.39, 0.29) is 5.91 Å². The summed E-state index contributed by atoms with van der Waals surface area (Å²) >= 11 is 6.15. The standard InChI is InChI=1S/C23H20ClN5O/c1-15-8-9-19(11-20(15)24)27-22(30)21-10-16(14-29(21)2)17-12-25-23(26-13-17)28-18-6-4-3-5-7-18/h3-14H,1-2H3,(H,27,30)(H,25,26,28). The van der Waals surface area contributed by atoms with Crippen molar-refractivity contribution in [2.45, 2.75) is 6.92 Å². The minimum Gasteiger partial charge on any atom is -0.346 e. The first-order valence-electron chi connectivity index (χ1n) is 9.38. The van der Waals surface area contributed by atoms with Crippen molar-refractivity contribution in [3.8, 4) is 11.1 Å². The van der Waals surface area contributed by atoms with Crippen LogP contribution in [-0.4, -0.2) is 20.4 Å². The predicted octanol–water partition coefficient (Wildman–Crippen LogP) is 5.44. The summed E-state index contributed by atoms with van der Waals surface area (Å²) in [6, 6.07) is 17.0. The number of nitrogens with zero attached hydrogens (tertiary/aromatic N) is 3. The largest absolute Gasteiger partial charge is 0.346 e. The molecule has 4 aromatic rings. The highest BCUT2D eigenvalue weighted by atomic mass is 35.5. The number of rotatable bonds is 5. The van der Waals surface area contributed by atoms with Crippen LogP contribution >= 0.6 is 11.6 Å². The number of carbonyl (C=O) groups is 1. The highest BCUT2D eigenvalue weighted by Gasteiger charge is 2.14. The highest BCUT2D eigenvalue weighted by Crippen LogP contribution is 2.24. The molecule has 2 aromatic carbocycles. The molecule has 0 aliphatic carbocycles. The van der Waals surface area contributed by atoms with Crippen LogP contribution < -0.4 is 10.6 Å². The third-order valence-corrected chi connectivity index (χ3v) is 5.09. The van der Waals surface area contributed by atoms with Gasteiger partial charge in [0.05, 0.1) is 0 Å². The van der Waals surface area contributed by atoms with Gasteiger partial charge in [-0.05, 0) is 42.8 Å². The van der Waals surface area contributed by atoms with E-state index >= 15 is 0 Å². The molecule has 0 saturated carbocycles. The lowest BCUT2D eigenvalue weighted by Crippen LogP contribution is -2.15. The van der Waals surface area contributed by atoms with Crippen LogP contribution in [0.2, 0.25) is 5.02 Å². The number of nitrogens with one attached hydrogen (secondary N) is 2. The average Bonchev–Trinajstić information content (AvgIpc) is 3.14. The van der Waals surface area contributed by atoms with Crippen molar-refractivity contribution in [3.63, 3.8) is 0 Å². The maximum absolute atomic E-state index is 12.7. The zero-order valence-corrected chi connectivity index (χ0v) is 17.3. The topological polar surface area (TPSA) is 71.8 Å². The first-order valence-corrected chi connectivity index (χ1v) is 9.76. The molecule has 2 aromatic heterocycles. The van der Waals surface area contributed by atoms with Gasteiger partial charge >= 0.3 is 0 Å². The number of halogens is 1. The zero-order chi connectivity index (χ0) is 21.1. The maximum Gasteiger partial charge on any atom is 0.272 e. The zero-order valence-electron chi connectivity index (χ0n) is 16.6. The van der Waals surface area contributed by atoms with Gasteiger partial charge in [-0.3, -0.25) is 4.79 Å². The Hall–Kier alpha value is -3.64. The second-order valence-electron chi connectivity index (χ2n) is 6.93. The van der Waals surface area contributed by atoms with E-state index in [0.717, 1.165) is 22.4 Å². The van der Waals surface area contributed by atoms with Gasteiger partial charge in [-0.15, -0.1) is 0 Å². The lowest BCUT2D eigenvalue weighted by Gasteiger charge is -2.07. The van der Waals surface area contributed by atoms with E-state index < -0.39 is 0 Å². The molecule has 150 valence electrons. The first-order chi connectivity index (χ1) is 14.5. The SMILES string of the molecule is Cc1ccc(NC(=O)c2cc(-c3cnc(Nc4ccccc4)nc3)cn2C)cc1Cl. The van der Waals surface area contributed by atoms with E-state index in [1.165, 1.54) is 0 Å². The van der Waals surface area contributed by atoms with Crippen LogP contribution in [0.5, 0.6) is 0 Å². The number of hydrogen-bond donors (Lipinski definition) is 2. The van der Waals surface area contributed by atoms with Crippen LogP contribution in [-0.2, 0) is 7.05 Å². The van der Waals surface area contributed by atoms with Crippen LogP contribution in [0.4, 0.5) is 17.3 Å². The fourth-order valence-electron chi connectivity index (χ4n) is 3.01. The van der Waals surface area contributed by atoms with Gasteiger partial charge < -0.3 is 15.2 Å². The number of hydrogen-bond acceptors (Lipinski definition) is 4. The molecule has 0 aliphatic heterocycles. The maximum atomic E-state index is 12.7. The van der Waals surface area contributed by atoms with Crippen molar-refractivity contribution >= 4 is 34.8 Å². The fraction of sp³-hybridized carbons (Fsp3) is 0.0870. The van der Waals surface area contributed by atoms with Gasteiger partial charge in [0.15, 0.2) is 0 Å². The summed E-state index contributed by atoms with van der Waals surface area (Å²) in [7, 11) is 1.83. The van der Waals surface area contributed by atoms with E-state index in [0.29, 0.717) is 22.4 Å². The van der Waals surface area contributed by atoms with Crippen LogP contribution in [0.15, 0.2) is 73.2 Å². The molecule has 30 heavy (non-hydrogen) atoms. The van der Waals surface area contributed by atoms with Crippen LogP contribution in [0.3, 0.4) is 0 Å². The Morgan fingerprint density at radius 2 is 1.70 bits per heavy atom. The van der Waals surface area contributed by atoms with Crippen LogP contribution in [0, 0.1) is 6.92 Å². The van der Waals surface area contributed by atoms with E-state index in [1.54, 1.807) is 23.0 Å². The van der Waals surface area contributed by atoms with E-state index in [2.05, 4.69) is 20.6 Å². The number of aryl methyl sites for hydroxylation is 2. The smallest absolute Gasteiger partial charge is 0.272 e. The number of amides is 1. The van der Waals surface area contributed by atoms with Gasteiger partial charge in [0, 0.05) is 53.2 Å². The Labute approximate surface area is 179 Å². The lowest BCUT2D eigenvalue weighted by molar-refractivity contribution is 0.101. The Morgan fingerprint density at radius 1 is 0.967 bits per heavy atom. The van der Waals surface area contributed by atoms with Gasteiger partial charge in [0.2, 0.25) is 5.95 Å². The van der Waals surface area contributed by atoms with Gasteiger partial charge in [-0.25, -0.2) is 9.97 Å². The molecular formula is C23H20ClN5O. The monoisotopic (exact) mass is 417 g/mol. The molecule has 0 atom stereocenters. The Bertz CT molecular complexity index is 1190. The summed E-state index contributed by atoms with van der Waals surface area (Å²) in [4.78, 5) is 21.5. The summed E-state index contributed by atoms with van der Waals surface area (Å²) in [5.41, 5.74) is 4.73. The van der Waals surface area contributed by atoms with E-state index in [9.17, 15) is 4.79 Å². The quantitative estimate of drug-likeness (QED) is 0.453. The average molecular weight is 418 g/mol. The minimum atomic E-state index is -0.216. The predicted molar refractivity (Wildman–Crippen MR) is 120 cm³/mol. The number of carbonyl (C=O) groups excluding carboxylic acids is 1. The van der Waals surface area contributed by atoms with Gasteiger partial charge in [0.1, 0.15) is 5.69 Å². The summed E-state index contributed by atoms with van der Waals surface area (Å²) in [6.45, 7) is 1.92. The summed E-state index contributed by atoms with van der Waals surface area (Å²) in [5.74, 6) is 0.294. The van der Waals surface area contributed by atoms with Gasteiger partial charge in [-0.1, -0.05) is 35.9 Å². The van der Waals surface area contributed by atoms with Gasteiger partial charge in [0.25, 0.3) is 5.91 Å². The molecule has 0 unspecified atom stereocenters. The Morgan fingerprint density at radius 3 is 2.40 bits per heavy atom. The molecule has 2 N–H and O–H groups in total. The van der Waals surface area contributed by atoms with E-state index in [1.807, 2.05) is 68.7 Å². The molecule has 1 amide bonds. The van der Waals surface area contributed by atoms with Crippen molar-refractivity contribution in [3.05, 3.63) is 89.5 Å². The molecule has 0 spiro atoms. The number of aromatic nitrogens is 3. The third-order valence-electron chi connectivity index (χ3n) is 4.68. The summed E-state index contributed by atoms with van der Waals surface area (Å²) < 4.78 is 1.77. The number of para-hydroxylation sites is 1. The summed E-state index contributed by atoms with van der Waals surface area (Å²) in [6.07, 6.45) is 5.34. The molecular weight excluding hydrogens is 398 g/mol.